The quantitative estimate of drug-likeness (QED) is 0.395. The molecule has 0 amide bonds. The van der Waals surface area contributed by atoms with Gasteiger partial charge in [-0.2, -0.15) is 18.3 Å². The van der Waals surface area contributed by atoms with E-state index in [2.05, 4.69) is 5.10 Å². The molecule has 0 bridgehead atoms. The SMILES string of the molecule is COc1ccc(SCC(O)(c2ccc3c(cnn3-c3ccccc3)c2)C(F)(F)F)cc1. The van der Waals surface area contributed by atoms with E-state index < -0.39 is 17.5 Å². The molecule has 0 saturated carbocycles. The topological polar surface area (TPSA) is 47.3 Å². The van der Waals surface area contributed by atoms with E-state index in [9.17, 15) is 18.3 Å². The summed E-state index contributed by atoms with van der Waals surface area (Å²) >= 11 is 0.929. The lowest BCUT2D eigenvalue weighted by Crippen LogP contribution is -2.44. The number of benzene rings is 3. The lowest BCUT2D eigenvalue weighted by molar-refractivity contribution is -0.256. The summed E-state index contributed by atoms with van der Waals surface area (Å²) in [5.74, 6) is 0.0255. The zero-order valence-electron chi connectivity index (χ0n) is 16.5. The number of hydrogen-bond donors (Lipinski definition) is 1. The lowest BCUT2D eigenvalue weighted by atomic mass is 9.94. The third-order valence-corrected chi connectivity index (χ3v) is 6.19. The minimum atomic E-state index is -4.85. The molecule has 1 N–H and O–H groups in total. The average Bonchev–Trinajstić information content (AvgIpc) is 3.21. The number of alkyl halides is 3. The molecule has 1 unspecified atom stereocenters. The van der Waals surface area contributed by atoms with Crippen LogP contribution in [0.5, 0.6) is 5.75 Å². The minimum Gasteiger partial charge on any atom is -0.497 e. The second-order valence-corrected chi connectivity index (χ2v) is 8.04. The number of aliphatic hydroxyl groups is 1. The van der Waals surface area contributed by atoms with Crippen molar-refractivity contribution in [3.8, 4) is 11.4 Å². The second-order valence-electron chi connectivity index (χ2n) is 6.99. The molecule has 0 saturated heterocycles. The normalized spacial score (nSPS) is 13.8. The van der Waals surface area contributed by atoms with Gasteiger partial charge in [-0.3, -0.25) is 0 Å². The highest BCUT2D eigenvalue weighted by Crippen LogP contribution is 2.43. The van der Waals surface area contributed by atoms with E-state index in [-0.39, 0.29) is 5.56 Å². The fourth-order valence-electron chi connectivity index (χ4n) is 3.25. The smallest absolute Gasteiger partial charge is 0.422 e. The Kier molecular flexibility index (Phi) is 5.68. The van der Waals surface area contributed by atoms with E-state index in [1.807, 2.05) is 30.3 Å². The van der Waals surface area contributed by atoms with E-state index in [0.717, 1.165) is 17.4 Å². The Balaban J connectivity index is 1.67. The van der Waals surface area contributed by atoms with Crippen LogP contribution in [0, 0.1) is 0 Å². The van der Waals surface area contributed by atoms with Gasteiger partial charge in [-0.05, 0) is 54.1 Å². The first-order valence-electron chi connectivity index (χ1n) is 9.41. The Labute approximate surface area is 181 Å². The number of nitrogens with zero attached hydrogens (tertiary/aromatic N) is 2. The monoisotopic (exact) mass is 444 g/mol. The molecule has 4 rings (SSSR count). The van der Waals surface area contributed by atoms with E-state index in [0.29, 0.717) is 21.5 Å². The first-order valence-corrected chi connectivity index (χ1v) is 10.4. The summed E-state index contributed by atoms with van der Waals surface area (Å²) < 4.78 is 48.6. The zero-order valence-corrected chi connectivity index (χ0v) is 17.3. The molecule has 0 aliphatic rings. The summed E-state index contributed by atoms with van der Waals surface area (Å²) in [6.45, 7) is 0. The van der Waals surface area contributed by atoms with Crippen LogP contribution in [0.3, 0.4) is 0 Å². The molecule has 1 aromatic heterocycles. The van der Waals surface area contributed by atoms with Crippen molar-refractivity contribution < 1.29 is 23.0 Å². The maximum absolute atomic E-state index is 14.0. The number of para-hydroxylation sites is 1. The first-order chi connectivity index (χ1) is 14.8. The van der Waals surface area contributed by atoms with Crippen LogP contribution in [0.25, 0.3) is 16.6 Å². The van der Waals surface area contributed by atoms with Gasteiger partial charge >= 0.3 is 6.18 Å². The van der Waals surface area contributed by atoms with Crippen molar-refractivity contribution in [3.63, 3.8) is 0 Å². The fourth-order valence-corrected chi connectivity index (χ4v) is 4.29. The van der Waals surface area contributed by atoms with Gasteiger partial charge in [0, 0.05) is 16.0 Å². The highest BCUT2D eigenvalue weighted by Gasteiger charge is 2.55. The molecule has 1 heterocycles. The van der Waals surface area contributed by atoms with Gasteiger partial charge in [-0.25, -0.2) is 4.68 Å². The van der Waals surface area contributed by atoms with Crippen molar-refractivity contribution in [1.82, 2.24) is 9.78 Å². The van der Waals surface area contributed by atoms with Gasteiger partial charge in [0.15, 0.2) is 5.60 Å². The van der Waals surface area contributed by atoms with Crippen LogP contribution < -0.4 is 4.74 Å². The van der Waals surface area contributed by atoms with Crippen molar-refractivity contribution in [3.05, 3.63) is 84.6 Å². The van der Waals surface area contributed by atoms with E-state index in [1.54, 1.807) is 35.0 Å². The predicted octanol–water partition coefficient (Wildman–Crippen LogP) is 5.58. The molecule has 0 aliphatic heterocycles. The van der Waals surface area contributed by atoms with Crippen LogP contribution in [0.15, 0.2) is 83.9 Å². The Morgan fingerprint density at radius 2 is 1.71 bits per heavy atom. The van der Waals surface area contributed by atoms with Crippen molar-refractivity contribution in [1.29, 1.82) is 0 Å². The summed E-state index contributed by atoms with van der Waals surface area (Å²) in [7, 11) is 1.51. The second kappa shape index (κ2) is 8.28. The molecular formula is C23H19F3N2O2S. The van der Waals surface area contributed by atoms with Crippen LogP contribution in [0.1, 0.15) is 5.56 Å². The van der Waals surface area contributed by atoms with E-state index in [1.165, 1.54) is 25.4 Å². The summed E-state index contributed by atoms with van der Waals surface area (Å²) in [4.78, 5) is 0.599. The maximum Gasteiger partial charge on any atom is 0.422 e. The highest BCUT2D eigenvalue weighted by molar-refractivity contribution is 7.99. The van der Waals surface area contributed by atoms with Gasteiger partial charge in [0.05, 0.1) is 24.5 Å². The van der Waals surface area contributed by atoms with E-state index in [4.69, 9.17) is 4.74 Å². The summed E-state index contributed by atoms with van der Waals surface area (Å²) in [6.07, 6.45) is -3.35. The molecule has 1 atom stereocenters. The number of fused-ring (bicyclic) bond motifs is 1. The van der Waals surface area contributed by atoms with Gasteiger partial charge in [-0.15, -0.1) is 11.8 Å². The number of rotatable bonds is 6. The Morgan fingerprint density at radius 1 is 1.00 bits per heavy atom. The van der Waals surface area contributed by atoms with Crippen LogP contribution >= 0.6 is 11.8 Å². The fraction of sp³-hybridized carbons (Fsp3) is 0.174. The Morgan fingerprint density at radius 3 is 2.35 bits per heavy atom. The number of aromatic nitrogens is 2. The predicted molar refractivity (Wildman–Crippen MR) is 115 cm³/mol. The molecule has 0 spiro atoms. The van der Waals surface area contributed by atoms with Crippen molar-refractivity contribution in [2.24, 2.45) is 0 Å². The standard InChI is InChI=1S/C23H19F3N2O2S/c1-30-19-8-10-20(11-9-19)31-15-22(29,23(24,25)26)17-7-12-21-16(13-17)14-27-28(21)18-5-3-2-4-6-18/h2-14,29H,15H2,1H3. The zero-order chi connectivity index (χ0) is 22.1. The molecule has 160 valence electrons. The van der Waals surface area contributed by atoms with Crippen molar-refractivity contribution in [2.45, 2.75) is 16.7 Å². The molecular weight excluding hydrogens is 425 g/mol. The molecule has 8 heteroatoms. The van der Waals surface area contributed by atoms with Crippen molar-refractivity contribution >= 4 is 22.7 Å². The number of hydrogen-bond acceptors (Lipinski definition) is 4. The summed E-state index contributed by atoms with van der Waals surface area (Å²) in [5.41, 5.74) is -1.78. The molecule has 3 aromatic carbocycles. The number of halogens is 3. The first kappa shape index (κ1) is 21.3. The molecule has 31 heavy (non-hydrogen) atoms. The number of thioether (sulfide) groups is 1. The molecule has 0 radical (unpaired) electrons. The largest absolute Gasteiger partial charge is 0.497 e. The van der Waals surface area contributed by atoms with Crippen LogP contribution in [-0.4, -0.2) is 33.9 Å². The van der Waals surface area contributed by atoms with Gasteiger partial charge < -0.3 is 9.84 Å². The van der Waals surface area contributed by atoms with Gasteiger partial charge in [0.2, 0.25) is 0 Å². The minimum absolute atomic E-state index is 0.221. The van der Waals surface area contributed by atoms with E-state index >= 15 is 0 Å². The third-order valence-electron chi connectivity index (χ3n) is 5.02. The molecule has 4 aromatic rings. The van der Waals surface area contributed by atoms with Crippen molar-refractivity contribution in [2.75, 3.05) is 12.9 Å². The Hall–Kier alpha value is -2.97. The molecule has 0 aliphatic carbocycles. The summed E-state index contributed by atoms with van der Waals surface area (Å²) in [5, 5.41) is 15.6. The third kappa shape index (κ3) is 4.13. The highest BCUT2D eigenvalue weighted by atomic mass is 32.2. The van der Waals surface area contributed by atoms with Crippen LogP contribution in [-0.2, 0) is 5.60 Å². The Bertz CT molecular complexity index is 1180. The van der Waals surface area contributed by atoms with Crippen LogP contribution in [0.4, 0.5) is 13.2 Å². The molecule has 4 nitrogen and oxygen atoms in total. The van der Waals surface area contributed by atoms with Gasteiger partial charge in [0.1, 0.15) is 5.75 Å². The lowest BCUT2D eigenvalue weighted by Gasteiger charge is -2.30. The van der Waals surface area contributed by atoms with Crippen LogP contribution in [0.2, 0.25) is 0 Å². The maximum atomic E-state index is 14.0. The summed E-state index contributed by atoms with van der Waals surface area (Å²) in [6, 6.07) is 20.2. The number of methoxy groups -OCH3 is 1. The number of ether oxygens (including phenoxy) is 1. The average molecular weight is 444 g/mol. The van der Waals surface area contributed by atoms with Gasteiger partial charge in [-0.1, -0.05) is 24.3 Å². The molecule has 0 fully saturated rings. The van der Waals surface area contributed by atoms with Gasteiger partial charge in [0.25, 0.3) is 0 Å².